The summed E-state index contributed by atoms with van der Waals surface area (Å²) in [6.07, 6.45) is -3.45. The first-order valence-corrected chi connectivity index (χ1v) is 6.63. The molecule has 1 fully saturated rings. The third kappa shape index (κ3) is 3.00. The van der Waals surface area contributed by atoms with Crippen molar-refractivity contribution in [1.82, 2.24) is 4.90 Å². The smallest absolute Gasteiger partial charge is 0.388 e. The summed E-state index contributed by atoms with van der Waals surface area (Å²) in [4.78, 5) is 3.89. The molecule has 1 aliphatic rings. The van der Waals surface area contributed by atoms with Crippen LogP contribution in [0.25, 0.3) is 0 Å². The molecular weight excluding hydrogens is 267 g/mol. The van der Waals surface area contributed by atoms with Crippen molar-refractivity contribution < 1.29 is 13.2 Å². The number of hydrogen-bond acceptors (Lipinski definition) is 3. The third-order valence-electron chi connectivity index (χ3n) is 3.82. The lowest BCUT2D eigenvalue weighted by molar-refractivity contribution is -0.137. The maximum atomic E-state index is 13.2. The SMILES string of the molecule is CNc1ccc(N2CCC(N(C)C)C2)c(C(F)(F)F)c1. The maximum absolute atomic E-state index is 13.2. The zero-order valence-corrected chi connectivity index (χ0v) is 12.0. The Hall–Kier alpha value is -1.43. The predicted molar refractivity (Wildman–Crippen MR) is 75.3 cm³/mol. The van der Waals surface area contributed by atoms with Crippen LogP contribution in [0.4, 0.5) is 24.5 Å². The second-order valence-corrected chi connectivity index (χ2v) is 5.33. The monoisotopic (exact) mass is 287 g/mol. The van der Waals surface area contributed by atoms with E-state index in [2.05, 4.69) is 10.2 Å². The molecule has 20 heavy (non-hydrogen) atoms. The van der Waals surface area contributed by atoms with Crippen LogP contribution in [0.1, 0.15) is 12.0 Å². The van der Waals surface area contributed by atoms with Crippen LogP contribution in [-0.4, -0.2) is 45.2 Å². The van der Waals surface area contributed by atoms with Gasteiger partial charge in [0.25, 0.3) is 0 Å². The Labute approximate surface area is 117 Å². The Morgan fingerprint density at radius 1 is 1.30 bits per heavy atom. The second kappa shape index (κ2) is 5.52. The van der Waals surface area contributed by atoms with Crippen molar-refractivity contribution in [3.05, 3.63) is 23.8 Å². The largest absolute Gasteiger partial charge is 0.418 e. The van der Waals surface area contributed by atoms with E-state index in [1.54, 1.807) is 19.2 Å². The Morgan fingerprint density at radius 3 is 2.50 bits per heavy atom. The highest BCUT2D eigenvalue weighted by Gasteiger charge is 2.36. The standard InChI is InChI=1S/C14H20F3N3/c1-18-10-4-5-13(12(8-10)14(15,16)17)20-7-6-11(9-20)19(2)3/h4-5,8,11,18H,6-7,9H2,1-3H3. The molecular formula is C14H20F3N3. The first-order chi connectivity index (χ1) is 9.32. The van der Waals surface area contributed by atoms with E-state index in [1.807, 2.05) is 19.0 Å². The van der Waals surface area contributed by atoms with Crippen molar-refractivity contribution >= 4 is 11.4 Å². The molecule has 1 aliphatic heterocycles. The van der Waals surface area contributed by atoms with Crippen LogP contribution in [0.15, 0.2) is 18.2 Å². The van der Waals surface area contributed by atoms with Crippen molar-refractivity contribution in [2.75, 3.05) is 44.4 Å². The number of likely N-dealkylation sites (N-methyl/N-ethyl adjacent to an activating group) is 1. The van der Waals surface area contributed by atoms with Crippen LogP contribution in [0.2, 0.25) is 0 Å². The Morgan fingerprint density at radius 2 is 2.00 bits per heavy atom. The molecule has 1 atom stereocenters. The van der Waals surface area contributed by atoms with Gasteiger partial charge in [-0.25, -0.2) is 0 Å². The van der Waals surface area contributed by atoms with Crippen molar-refractivity contribution in [3.8, 4) is 0 Å². The van der Waals surface area contributed by atoms with Crippen LogP contribution in [0, 0.1) is 0 Å². The lowest BCUT2D eigenvalue weighted by Crippen LogP contribution is -2.32. The number of anilines is 2. The number of alkyl halides is 3. The lowest BCUT2D eigenvalue weighted by Gasteiger charge is -2.25. The van der Waals surface area contributed by atoms with Crippen molar-refractivity contribution in [2.45, 2.75) is 18.6 Å². The molecule has 0 aliphatic carbocycles. The minimum atomic E-state index is -4.33. The van der Waals surface area contributed by atoms with Gasteiger partial charge in [0, 0.05) is 37.6 Å². The molecule has 2 rings (SSSR count). The van der Waals surface area contributed by atoms with Gasteiger partial charge in [0.2, 0.25) is 0 Å². The molecule has 0 aromatic heterocycles. The molecule has 0 spiro atoms. The summed E-state index contributed by atoms with van der Waals surface area (Å²) in [5.41, 5.74) is 0.189. The van der Waals surface area contributed by atoms with Crippen LogP contribution < -0.4 is 10.2 Å². The van der Waals surface area contributed by atoms with Crippen molar-refractivity contribution in [3.63, 3.8) is 0 Å². The van der Waals surface area contributed by atoms with Crippen molar-refractivity contribution in [2.24, 2.45) is 0 Å². The van der Waals surface area contributed by atoms with Crippen LogP contribution >= 0.6 is 0 Å². The summed E-state index contributed by atoms with van der Waals surface area (Å²) < 4.78 is 39.6. The van der Waals surface area contributed by atoms with Crippen molar-refractivity contribution in [1.29, 1.82) is 0 Å². The number of rotatable bonds is 3. The number of nitrogens with zero attached hydrogens (tertiary/aromatic N) is 2. The topological polar surface area (TPSA) is 18.5 Å². The number of benzene rings is 1. The van der Waals surface area contributed by atoms with Gasteiger partial charge in [0.05, 0.1) is 5.56 Å². The maximum Gasteiger partial charge on any atom is 0.418 e. The minimum absolute atomic E-state index is 0.279. The fourth-order valence-corrected chi connectivity index (χ4v) is 2.58. The van der Waals surface area contributed by atoms with E-state index in [-0.39, 0.29) is 5.69 Å². The van der Waals surface area contributed by atoms with Gasteiger partial charge in [0.15, 0.2) is 0 Å². The van der Waals surface area contributed by atoms with E-state index in [0.29, 0.717) is 24.8 Å². The lowest BCUT2D eigenvalue weighted by atomic mass is 10.1. The summed E-state index contributed by atoms with van der Waals surface area (Å²) in [6, 6.07) is 4.73. The van der Waals surface area contributed by atoms with Gasteiger partial charge in [-0.15, -0.1) is 0 Å². The molecule has 1 saturated heterocycles. The first-order valence-electron chi connectivity index (χ1n) is 6.63. The minimum Gasteiger partial charge on any atom is -0.388 e. The summed E-state index contributed by atoms with van der Waals surface area (Å²) in [7, 11) is 5.54. The zero-order valence-electron chi connectivity index (χ0n) is 12.0. The van der Waals surface area contributed by atoms with Gasteiger partial charge in [0.1, 0.15) is 0 Å². The fourth-order valence-electron chi connectivity index (χ4n) is 2.58. The van der Waals surface area contributed by atoms with Gasteiger partial charge in [-0.05, 0) is 38.7 Å². The Kier molecular flexibility index (Phi) is 4.13. The quantitative estimate of drug-likeness (QED) is 0.922. The Bertz CT molecular complexity index is 471. The zero-order chi connectivity index (χ0) is 14.9. The highest BCUT2D eigenvalue weighted by atomic mass is 19.4. The first kappa shape index (κ1) is 15.0. The predicted octanol–water partition coefficient (Wildman–Crippen LogP) is 2.89. The van der Waals surface area contributed by atoms with Gasteiger partial charge in [-0.3, -0.25) is 0 Å². The van der Waals surface area contributed by atoms with Crippen LogP contribution in [0.3, 0.4) is 0 Å². The molecule has 1 aromatic rings. The highest BCUT2D eigenvalue weighted by Crippen LogP contribution is 2.39. The second-order valence-electron chi connectivity index (χ2n) is 5.33. The molecule has 1 unspecified atom stereocenters. The number of halogens is 3. The van der Waals surface area contributed by atoms with E-state index in [4.69, 9.17) is 0 Å². The molecule has 1 heterocycles. The van der Waals surface area contributed by atoms with Gasteiger partial charge in [-0.1, -0.05) is 0 Å². The third-order valence-corrected chi connectivity index (χ3v) is 3.82. The van der Waals surface area contributed by atoms with E-state index in [1.165, 1.54) is 6.07 Å². The average molecular weight is 287 g/mol. The number of hydrogen-bond donors (Lipinski definition) is 1. The van der Waals surface area contributed by atoms with Gasteiger partial charge < -0.3 is 15.1 Å². The molecule has 0 saturated carbocycles. The average Bonchev–Trinajstić information content (AvgIpc) is 2.86. The van der Waals surface area contributed by atoms with Gasteiger partial charge >= 0.3 is 6.18 Å². The van der Waals surface area contributed by atoms with Crippen LogP contribution in [0.5, 0.6) is 0 Å². The van der Waals surface area contributed by atoms with E-state index >= 15 is 0 Å². The van der Waals surface area contributed by atoms with Gasteiger partial charge in [-0.2, -0.15) is 13.2 Å². The summed E-state index contributed by atoms with van der Waals surface area (Å²) in [5.74, 6) is 0. The molecule has 1 aromatic carbocycles. The molecule has 3 nitrogen and oxygen atoms in total. The Balaban J connectivity index is 2.32. The van der Waals surface area contributed by atoms with E-state index in [9.17, 15) is 13.2 Å². The van der Waals surface area contributed by atoms with E-state index in [0.717, 1.165) is 6.42 Å². The van der Waals surface area contributed by atoms with Crippen LogP contribution in [-0.2, 0) is 6.18 Å². The summed E-state index contributed by atoms with van der Waals surface area (Å²) >= 11 is 0. The molecule has 112 valence electrons. The summed E-state index contributed by atoms with van der Waals surface area (Å²) in [6.45, 7) is 1.29. The summed E-state index contributed by atoms with van der Waals surface area (Å²) in [5, 5.41) is 2.76. The molecule has 6 heteroatoms. The molecule has 0 bridgehead atoms. The normalized spacial score (nSPS) is 19.8. The fraction of sp³-hybridized carbons (Fsp3) is 0.571. The molecule has 0 radical (unpaired) electrons. The molecule has 0 amide bonds. The highest BCUT2D eigenvalue weighted by molar-refractivity contribution is 5.62. The number of nitrogens with one attached hydrogen (secondary N) is 1. The molecule has 1 N–H and O–H groups in total. The van der Waals surface area contributed by atoms with E-state index < -0.39 is 11.7 Å².